The number of rotatable bonds is 3. The van der Waals surface area contributed by atoms with Gasteiger partial charge in [0.05, 0.1) is 11.6 Å². The van der Waals surface area contributed by atoms with Gasteiger partial charge in [-0.05, 0) is 52.4 Å². The Kier molecular flexibility index (Phi) is 4.48. The van der Waals surface area contributed by atoms with Gasteiger partial charge in [-0.25, -0.2) is 0 Å². The Balaban J connectivity index is 2.22. The molecule has 0 aliphatic carbocycles. The first-order valence-corrected chi connectivity index (χ1v) is 6.75. The molecule has 0 fully saturated rings. The monoisotopic (exact) mass is 359 g/mol. The van der Waals surface area contributed by atoms with E-state index >= 15 is 0 Å². The molecule has 0 radical (unpaired) electrons. The van der Waals surface area contributed by atoms with Crippen LogP contribution in [-0.4, -0.2) is 5.78 Å². The molecule has 0 saturated heterocycles. The van der Waals surface area contributed by atoms with Gasteiger partial charge in [0.25, 0.3) is 0 Å². The molecule has 19 heavy (non-hydrogen) atoms. The lowest BCUT2D eigenvalue weighted by molar-refractivity contribution is 0.104. The first-order chi connectivity index (χ1) is 9.20. The number of benzene rings is 2. The highest BCUT2D eigenvalue weighted by Crippen LogP contribution is 2.14. The van der Waals surface area contributed by atoms with Crippen LogP contribution in [0, 0.1) is 14.9 Å². The lowest BCUT2D eigenvalue weighted by Crippen LogP contribution is -1.94. The van der Waals surface area contributed by atoms with Crippen LogP contribution in [0.2, 0.25) is 0 Å². The van der Waals surface area contributed by atoms with Gasteiger partial charge < -0.3 is 0 Å². The van der Waals surface area contributed by atoms with E-state index in [4.69, 9.17) is 5.26 Å². The highest BCUT2D eigenvalue weighted by Gasteiger charge is 2.03. The molecule has 2 aromatic rings. The lowest BCUT2D eigenvalue weighted by Gasteiger charge is -1.98. The van der Waals surface area contributed by atoms with Crippen molar-refractivity contribution in [2.24, 2.45) is 0 Å². The lowest BCUT2D eigenvalue weighted by atomic mass is 10.1. The molecule has 2 nitrogen and oxygen atoms in total. The van der Waals surface area contributed by atoms with Gasteiger partial charge in [-0.2, -0.15) is 5.26 Å². The zero-order valence-corrected chi connectivity index (χ0v) is 12.2. The number of halogens is 1. The molecule has 0 atom stereocenters. The van der Waals surface area contributed by atoms with E-state index in [1.165, 1.54) is 6.08 Å². The van der Waals surface area contributed by atoms with Crippen LogP contribution in [-0.2, 0) is 0 Å². The Bertz CT molecular complexity index is 683. The van der Waals surface area contributed by atoms with E-state index in [0.29, 0.717) is 11.1 Å². The maximum absolute atomic E-state index is 12.0. The molecule has 92 valence electrons. The molecule has 0 spiro atoms. The standard InChI is InChI=1S/C16H10INO/c17-15-7-2-1-5-13(15)8-9-16(19)14-6-3-4-12(10-14)11-18/h1-10H/b9-8+. The number of carbonyl (C=O) groups is 1. The molecular formula is C16H10INO. The fraction of sp³-hybridized carbons (Fsp3) is 0. The second-order valence-corrected chi connectivity index (χ2v) is 5.07. The third-order valence-electron chi connectivity index (χ3n) is 2.60. The summed E-state index contributed by atoms with van der Waals surface area (Å²) in [4.78, 5) is 12.0. The number of nitrogens with zero attached hydrogens (tertiary/aromatic N) is 1. The molecule has 0 amide bonds. The van der Waals surface area contributed by atoms with Crippen LogP contribution in [0.25, 0.3) is 6.08 Å². The Hall–Kier alpha value is -1.93. The van der Waals surface area contributed by atoms with Crippen LogP contribution in [0.1, 0.15) is 21.5 Å². The van der Waals surface area contributed by atoms with Gasteiger partial charge in [0, 0.05) is 9.13 Å². The van der Waals surface area contributed by atoms with E-state index in [1.807, 2.05) is 30.3 Å². The molecule has 0 heterocycles. The number of hydrogen-bond donors (Lipinski definition) is 0. The normalized spacial score (nSPS) is 10.3. The summed E-state index contributed by atoms with van der Waals surface area (Å²) in [5.41, 5.74) is 2.03. The molecule has 3 heteroatoms. The first-order valence-electron chi connectivity index (χ1n) is 5.68. The summed E-state index contributed by atoms with van der Waals surface area (Å²) >= 11 is 2.23. The van der Waals surface area contributed by atoms with Crippen molar-refractivity contribution >= 4 is 34.5 Å². The van der Waals surface area contributed by atoms with E-state index in [9.17, 15) is 4.79 Å². The molecule has 0 aliphatic rings. The summed E-state index contributed by atoms with van der Waals surface area (Å²) in [6.07, 6.45) is 3.33. The second-order valence-electron chi connectivity index (χ2n) is 3.91. The quantitative estimate of drug-likeness (QED) is 0.471. The Morgan fingerprint density at radius 1 is 1.16 bits per heavy atom. The molecule has 0 aliphatic heterocycles. The predicted molar refractivity (Wildman–Crippen MR) is 83.7 cm³/mol. The summed E-state index contributed by atoms with van der Waals surface area (Å²) in [6, 6.07) is 16.6. The molecule has 2 aromatic carbocycles. The number of nitriles is 1. The topological polar surface area (TPSA) is 40.9 Å². The fourth-order valence-electron chi connectivity index (χ4n) is 1.61. The molecular weight excluding hydrogens is 349 g/mol. The minimum absolute atomic E-state index is 0.100. The third-order valence-corrected chi connectivity index (χ3v) is 3.58. The van der Waals surface area contributed by atoms with Crippen molar-refractivity contribution in [1.29, 1.82) is 5.26 Å². The van der Waals surface area contributed by atoms with Crippen molar-refractivity contribution in [3.8, 4) is 6.07 Å². The maximum Gasteiger partial charge on any atom is 0.185 e. The van der Waals surface area contributed by atoms with Crippen molar-refractivity contribution in [3.05, 3.63) is 74.9 Å². The number of ketones is 1. The Morgan fingerprint density at radius 3 is 2.68 bits per heavy atom. The van der Waals surface area contributed by atoms with Crippen molar-refractivity contribution in [2.45, 2.75) is 0 Å². The average Bonchev–Trinajstić information content (AvgIpc) is 2.46. The largest absolute Gasteiger partial charge is 0.289 e. The smallest absolute Gasteiger partial charge is 0.185 e. The summed E-state index contributed by atoms with van der Waals surface area (Å²) in [7, 11) is 0. The molecule has 0 N–H and O–H groups in total. The van der Waals surface area contributed by atoms with Gasteiger partial charge in [-0.1, -0.05) is 36.4 Å². The molecule has 0 saturated carbocycles. The average molecular weight is 359 g/mol. The third kappa shape index (κ3) is 3.52. The van der Waals surface area contributed by atoms with Crippen molar-refractivity contribution < 1.29 is 4.79 Å². The summed E-state index contributed by atoms with van der Waals surface area (Å²) in [6.45, 7) is 0. The van der Waals surface area contributed by atoms with E-state index in [1.54, 1.807) is 30.3 Å². The minimum Gasteiger partial charge on any atom is -0.289 e. The zero-order chi connectivity index (χ0) is 13.7. The molecule has 0 unspecified atom stereocenters. The van der Waals surface area contributed by atoms with Crippen LogP contribution >= 0.6 is 22.6 Å². The fourth-order valence-corrected chi connectivity index (χ4v) is 2.18. The van der Waals surface area contributed by atoms with E-state index < -0.39 is 0 Å². The van der Waals surface area contributed by atoms with Crippen LogP contribution in [0.3, 0.4) is 0 Å². The molecule has 2 rings (SSSR count). The van der Waals surface area contributed by atoms with Gasteiger partial charge in [0.15, 0.2) is 5.78 Å². The van der Waals surface area contributed by atoms with Crippen LogP contribution < -0.4 is 0 Å². The molecule has 0 bridgehead atoms. The van der Waals surface area contributed by atoms with Gasteiger partial charge in [0.2, 0.25) is 0 Å². The highest BCUT2D eigenvalue weighted by molar-refractivity contribution is 14.1. The minimum atomic E-state index is -0.100. The van der Waals surface area contributed by atoms with Crippen LogP contribution in [0.4, 0.5) is 0 Å². The Labute approximate surface area is 125 Å². The molecule has 0 aromatic heterocycles. The van der Waals surface area contributed by atoms with E-state index in [-0.39, 0.29) is 5.78 Å². The van der Waals surface area contributed by atoms with Gasteiger partial charge in [0.1, 0.15) is 0 Å². The second kappa shape index (κ2) is 6.30. The van der Waals surface area contributed by atoms with Crippen molar-refractivity contribution in [3.63, 3.8) is 0 Å². The van der Waals surface area contributed by atoms with Crippen LogP contribution in [0.15, 0.2) is 54.6 Å². The number of allylic oxidation sites excluding steroid dienone is 1. The number of carbonyl (C=O) groups excluding carboxylic acids is 1. The van der Waals surface area contributed by atoms with Crippen LogP contribution in [0.5, 0.6) is 0 Å². The van der Waals surface area contributed by atoms with Gasteiger partial charge in [-0.15, -0.1) is 0 Å². The zero-order valence-electron chi connectivity index (χ0n) is 10.0. The van der Waals surface area contributed by atoms with Crippen molar-refractivity contribution in [2.75, 3.05) is 0 Å². The maximum atomic E-state index is 12.0. The summed E-state index contributed by atoms with van der Waals surface area (Å²) in [5.74, 6) is -0.100. The van der Waals surface area contributed by atoms with E-state index in [0.717, 1.165) is 9.13 Å². The summed E-state index contributed by atoms with van der Waals surface area (Å²) < 4.78 is 1.09. The summed E-state index contributed by atoms with van der Waals surface area (Å²) in [5, 5.41) is 8.81. The Morgan fingerprint density at radius 2 is 1.95 bits per heavy atom. The van der Waals surface area contributed by atoms with Crippen molar-refractivity contribution in [1.82, 2.24) is 0 Å². The highest BCUT2D eigenvalue weighted by atomic mass is 127. The first kappa shape index (κ1) is 13.5. The van der Waals surface area contributed by atoms with E-state index in [2.05, 4.69) is 22.6 Å². The predicted octanol–water partition coefficient (Wildman–Crippen LogP) is 4.06. The SMILES string of the molecule is N#Cc1cccc(C(=O)/C=C/c2ccccc2I)c1. The van der Waals surface area contributed by atoms with Gasteiger partial charge >= 0.3 is 0 Å². The van der Waals surface area contributed by atoms with Gasteiger partial charge in [-0.3, -0.25) is 4.79 Å². The number of hydrogen-bond acceptors (Lipinski definition) is 2.